The predicted octanol–water partition coefficient (Wildman–Crippen LogP) is 3.25. The van der Waals surface area contributed by atoms with E-state index >= 15 is 0 Å². The van der Waals surface area contributed by atoms with Gasteiger partial charge in [0.25, 0.3) is 5.91 Å². The topological polar surface area (TPSA) is 58.6 Å². The average Bonchev–Trinajstić information content (AvgIpc) is 2.79. The minimum atomic E-state index is -0.488. The molecule has 0 saturated carbocycles. The van der Waals surface area contributed by atoms with Crippen LogP contribution in [0.3, 0.4) is 0 Å². The Morgan fingerprint density at radius 2 is 1.66 bits per heavy atom. The molecule has 29 heavy (non-hydrogen) atoms. The number of methoxy groups -OCH3 is 1. The second-order valence-electron chi connectivity index (χ2n) is 6.74. The van der Waals surface area contributed by atoms with Crippen LogP contribution >= 0.6 is 0 Å². The molecule has 0 atom stereocenters. The lowest BCUT2D eigenvalue weighted by molar-refractivity contribution is 0.0742. The molecule has 0 N–H and O–H groups in total. The summed E-state index contributed by atoms with van der Waals surface area (Å²) in [5.74, 6) is 0.731. The van der Waals surface area contributed by atoms with Crippen molar-refractivity contribution in [2.45, 2.75) is 0 Å². The minimum Gasteiger partial charge on any atom is -0.496 e. The molecule has 0 radical (unpaired) electrons. The number of anilines is 1. The average molecular weight is 392 g/mol. The van der Waals surface area contributed by atoms with Gasteiger partial charge in [0.05, 0.1) is 18.4 Å². The first kappa shape index (κ1) is 18.9. The van der Waals surface area contributed by atoms with Crippen molar-refractivity contribution >= 4 is 11.7 Å². The molecule has 1 aliphatic rings. The lowest BCUT2D eigenvalue weighted by atomic mass is 10.1. The first-order chi connectivity index (χ1) is 14.2. The van der Waals surface area contributed by atoms with E-state index in [9.17, 15) is 9.18 Å². The normalized spacial score (nSPS) is 14.0. The molecule has 1 aliphatic heterocycles. The summed E-state index contributed by atoms with van der Waals surface area (Å²) in [6, 6.07) is 17.6. The third kappa shape index (κ3) is 3.89. The van der Waals surface area contributed by atoms with Crippen LogP contribution < -0.4 is 9.64 Å². The molecule has 1 aromatic heterocycles. The van der Waals surface area contributed by atoms with Crippen molar-refractivity contribution in [1.82, 2.24) is 15.1 Å². The van der Waals surface area contributed by atoms with Crippen LogP contribution in [0.5, 0.6) is 5.75 Å². The third-order valence-electron chi connectivity index (χ3n) is 5.03. The number of piperazine rings is 1. The van der Waals surface area contributed by atoms with E-state index in [-0.39, 0.29) is 11.5 Å². The van der Waals surface area contributed by atoms with Gasteiger partial charge in [-0.1, -0.05) is 24.3 Å². The second kappa shape index (κ2) is 8.26. The SMILES string of the molecule is COc1ccccc1-c1ccc(N2CCN(C(=O)c3ccccc3F)CC2)nn1. The summed E-state index contributed by atoms with van der Waals surface area (Å²) in [5, 5.41) is 8.70. The highest BCUT2D eigenvalue weighted by Gasteiger charge is 2.24. The monoisotopic (exact) mass is 392 g/mol. The Hall–Kier alpha value is -3.48. The quantitative estimate of drug-likeness (QED) is 0.682. The van der Waals surface area contributed by atoms with Crippen molar-refractivity contribution in [1.29, 1.82) is 0 Å². The maximum atomic E-state index is 13.9. The molecule has 4 rings (SSSR count). The molecule has 0 aliphatic carbocycles. The number of benzene rings is 2. The zero-order valence-electron chi connectivity index (χ0n) is 16.1. The number of carbonyl (C=O) groups excluding carboxylic acids is 1. The molecular formula is C22H21FN4O2. The van der Waals surface area contributed by atoms with E-state index in [4.69, 9.17) is 4.74 Å². The molecule has 1 fully saturated rings. The van der Waals surface area contributed by atoms with Crippen LogP contribution in [0.2, 0.25) is 0 Å². The van der Waals surface area contributed by atoms with Crippen LogP contribution in [0.25, 0.3) is 11.3 Å². The van der Waals surface area contributed by atoms with Gasteiger partial charge in [-0.05, 0) is 36.4 Å². The Kier molecular flexibility index (Phi) is 5.37. The zero-order valence-corrected chi connectivity index (χ0v) is 16.1. The van der Waals surface area contributed by atoms with Gasteiger partial charge in [0.15, 0.2) is 5.82 Å². The largest absolute Gasteiger partial charge is 0.496 e. The Morgan fingerprint density at radius 3 is 2.34 bits per heavy atom. The first-order valence-electron chi connectivity index (χ1n) is 9.43. The van der Waals surface area contributed by atoms with E-state index in [2.05, 4.69) is 15.1 Å². The van der Waals surface area contributed by atoms with Crippen molar-refractivity contribution in [2.75, 3.05) is 38.2 Å². The highest BCUT2D eigenvalue weighted by atomic mass is 19.1. The van der Waals surface area contributed by atoms with E-state index in [1.807, 2.05) is 36.4 Å². The molecule has 0 spiro atoms. The van der Waals surface area contributed by atoms with E-state index in [1.165, 1.54) is 12.1 Å². The highest BCUT2D eigenvalue weighted by molar-refractivity contribution is 5.94. The Labute approximate surface area is 168 Å². The van der Waals surface area contributed by atoms with Crippen molar-refractivity contribution in [2.24, 2.45) is 0 Å². The summed E-state index contributed by atoms with van der Waals surface area (Å²) >= 11 is 0. The maximum Gasteiger partial charge on any atom is 0.256 e. The van der Waals surface area contributed by atoms with Gasteiger partial charge in [0, 0.05) is 31.7 Å². The fourth-order valence-corrected chi connectivity index (χ4v) is 3.44. The van der Waals surface area contributed by atoms with E-state index in [1.54, 1.807) is 24.1 Å². The summed E-state index contributed by atoms with van der Waals surface area (Å²) < 4.78 is 19.3. The Morgan fingerprint density at radius 1 is 0.931 bits per heavy atom. The van der Waals surface area contributed by atoms with Gasteiger partial charge in [-0.15, -0.1) is 10.2 Å². The van der Waals surface area contributed by atoms with Gasteiger partial charge in [0.2, 0.25) is 0 Å². The van der Waals surface area contributed by atoms with Crippen molar-refractivity contribution < 1.29 is 13.9 Å². The molecule has 0 unspecified atom stereocenters. The number of hydrogen-bond donors (Lipinski definition) is 0. The van der Waals surface area contributed by atoms with Gasteiger partial charge >= 0.3 is 0 Å². The summed E-state index contributed by atoms with van der Waals surface area (Å²) in [7, 11) is 1.63. The Balaban J connectivity index is 1.43. The summed E-state index contributed by atoms with van der Waals surface area (Å²) in [5.41, 5.74) is 1.73. The molecule has 1 saturated heterocycles. The lowest BCUT2D eigenvalue weighted by Gasteiger charge is -2.35. The van der Waals surface area contributed by atoms with Gasteiger partial charge < -0.3 is 14.5 Å². The first-order valence-corrected chi connectivity index (χ1v) is 9.43. The van der Waals surface area contributed by atoms with Gasteiger partial charge in [-0.3, -0.25) is 4.79 Å². The van der Waals surface area contributed by atoms with Crippen molar-refractivity contribution in [3.05, 3.63) is 72.0 Å². The number of ether oxygens (including phenoxy) is 1. The number of hydrogen-bond acceptors (Lipinski definition) is 5. The third-order valence-corrected chi connectivity index (χ3v) is 5.03. The fourth-order valence-electron chi connectivity index (χ4n) is 3.44. The number of rotatable bonds is 4. The molecule has 0 bridgehead atoms. The zero-order chi connectivity index (χ0) is 20.2. The molecule has 148 valence electrons. The van der Waals surface area contributed by atoms with Crippen LogP contribution in [0, 0.1) is 5.82 Å². The van der Waals surface area contributed by atoms with Crippen molar-refractivity contribution in [3.63, 3.8) is 0 Å². The van der Waals surface area contributed by atoms with Crippen molar-refractivity contribution in [3.8, 4) is 17.0 Å². The molecule has 2 heterocycles. The van der Waals surface area contributed by atoms with E-state index < -0.39 is 5.82 Å². The molecular weight excluding hydrogens is 371 g/mol. The van der Waals surface area contributed by atoms with Crippen LogP contribution in [0.15, 0.2) is 60.7 Å². The number of nitrogens with zero attached hydrogens (tertiary/aromatic N) is 4. The molecule has 2 aromatic carbocycles. The second-order valence-corrected chi connectivity index (χ2v) is 6.74. The van der Waals surface area contributed by atoms with Gasteiger partial charge in [-0.2, -0.15) is 0 Å². The number of amides is 1. The molecule has 6 nitrogen and oxygen atoms in total. The molecule has 1 amide bonds. The van der Waals surface area contributed by atoms with E-state index in [0.29, 0.717) is 26.2 Å². The van der Waals surface area contributed by atoms with Crippen LogP contribution in [-0.4, -0.2) is 54.3 Å². The van der Waals surface area contributed by atoms with Crippen LogP contribution in [-0.2, 0) is 0 Å². The summed E-state index contributed by atoms with van der Waals surface area (Å²) in [6.07, 6.45) is 0. The molecule has 3 aromatic rings. The van der Waals surface area contributed by atoms with Crippen LogP contribution in [0.1, 0.15) is 10.4 Å². The number of aromatic nitrogens is 2. The standard InChI is InChI=1S/C22H21FN4O2/c1-29-20-9-5-3-7-17(20)19-10-11-21(25-24-19)26-12-14-27(15-13-26)22(28)16-6-2-4-8-18(16)23/h2-11H,12-15H2,1H3. The van der Waals surface area contributed by atoms with Gasteiger partial charge in [0.1, 0.15) is 11.6 Å². The maximum absolute atomic E-state index is 13.9. The van der Waals surface area contributed by atoms with Gasteiger partial charge in [-0.25, -0.2) is 4.39 Å². The van der Waals surface area contributed by atoms with E-state index in [0.717, 1.165) is 22.8 Å². The summed E-state index contributed by atoms with van der Waals surface area (Å²) in [6.45, 7) is 2.23. The number of para-hydroxylation sites is 1. The fraction of sp³-hybridized carbons (Fsp3) is 0.227. The predicted molar refractivity (Wildman–Crippen MR) is 109 cm³/mol. The number of carbonyl (C=O) groups is 1. The Bertz CT molecular complexity index is 1000. The highest BCUT2D eigenvalue weighted by Crippen LogP contribution is 2.28. The van der Waals surface area contributed by atoms with Crippen LogP contribution in [0.4, 0.5) is 10.2 Å². The smallest absolute Gasteiger partial charge is 0.256 e. The summed E-state index contributed by atoms with van der Waals surface area (Å²) in [4.78, 5) is 16.3. The minimum absolute atomic E-state index is 0.113. The lowest BCUT2D eigenvalue weighted by Crippen LogP contribution is -2.49. The molecule has 7 heteroatoms. The number of halogens is 1.